The Kier molecular flexibility index (Phi) is 7.83. The van der Waals surface area contributed by atoms with E-state index in [9.17, 15) is 4.79 Å². The summed E-state index contributed by atoms with van der Waals surface area (Å²) in [6, 6.07) is 1.91. The number of nitrogens with zero attached hydrogens (tertiary/aromatic N) is 4. The molecule has 2 aromatic rings. The predicted octanol–water partition coefficient (Wildman–Crippen LogP) is 5.92. The zero-order valence-electron chi connectivity index (χ0n) is 21.9. The number of hydrogen-bond donors (Lipinski definition) is 1. The van der Waals surface area contributed by atoms with E-state index in [0.29, 0.717) is 18.8 Å². The van der Waals surface area contributed by atoms with Crippen LogP contribution >= 0.6 is 15.9 Å². The maximum atomic E-state index is 12.4. The molecule has 8 nitrogen and oxygen atoms in total. The molecular weight excluding hydrogens is 526 g/mol. The molecule has 2 aromatic heterocycles. The minimum atomic E-state index is -1.13. The minimum absolute atomic E-state index is 0.117. The third-order valence-corrected chi connectivity index (χ3v) is 8.98. The standard InChI is InChI=1S/C25H40BrN5O3Si/c1-25(2,3)34-24(32)28-17-12-18-8-7-9-19(13-17)31(18)21-14-27-22-20(26)15-30(23(22)29-21)16-33-10-11-35(4,5)6/h14-15,17-19H,7-13,16H2,1-6H3,(H,28,32). The van der Waals surface area contributed by atoms with E-state index in [0.717, 1.165) is 59.8 Å². The summed E-state index contributed by atoms with van der Waals surface area (Å²) in [6.45, 7) is 14.0. The van der Waals surface area contributed by atoms with Gasteiger partial charge in [0.2, 0.25) is 0 Å². The molecule has 0 saturated carbocycles. The van der Waals surface area contributed by atoms with Crippen molar-refractivity contribution >= 4 is 47.1 Å². The monoisotopic (exact) mass is 565 g/mol. The first-order valence-corrected chi connectivity index (χ1v) is 17.3. The number of rotatable bonds is 7. The highest BCUT2D eigenvalue weighted by Crippen LogP contribution is 2.38. The molecule has 2 aliphatic heterocycles. The SMILES string of the molecule is CC(C)(C)OC(=O)NC1CC2CCCC(C1)N2c1cnc2c(Br)cn(COCC[Si](C)(C)C)c2n1. The lowest BCUT2D eigenvalue weighted by molar-refractivity contribution is 0.0482. The molecule has 2 bridgehead atoms. The zero-order valence-corrected chi connectivity index (χ0v) is 24.5. The van der Waals surface area contributed by atoms with Crippen molar-refractivity contribution in [1.29, 1.82) is 0 Å². The normalized spacial score (nSPS) is 22.9. The number of amides is 1. The van der Waals surface area contributed by atoms with E-state index in [1.807, 2.05) is 37.7 Å². The van der Waals surface area contributed by atoms with Crippen LogP contribution in [-0.2, 0) is 16.2 Å². The molecule has 0 aliphatic carbocycles. The Bertz CT molecular complexity index is 1030. The lowest BCUT2D eigenvalue weighted by atomic mass is 9.82. The molecule has 2 saturated heterocycles. The van der Waals surface area contributed by atoms with Crippen LogP contribution in [0.4, 0.5) is 10.6 Å². The fraction of sp³-hybridized carbons (Fsp3) is 0.720. The summed E-state index contributed by atoms with van der Waals surface area (Å²) < 4.78 is 14.5. The molecule has 0 spiro atoms. The summed E-state index contributed by atoms with van der Waals surface area (Å²) in [5.74, 6) is 0.914. The summed E-state index contributed by atoms with van der Waals surface area (Å²) in [6.07, 6.45) is 8.75. The Morgan fingerprint density at radius 3 is 2.54 bits per heavy atom. The number of aromatic nitrogens is 3. The Morgan fingerprint density at radius 2 is 1.91 bits per heavy atom. The Hall–Kier alpha value is -1.65. The molecular formula is C25H40BrN5O3Si. The maximum absolute atomic E-state index is 12.4. The van der Waals surface area contributed by atoms with Gasteiger partial charge in [-0.1, -0.05) is 19.6 Å². The van der Waals surface area contributed by atoms with E-state index >= 15 is 0 Å². The van der Waals surface area contributed by atoms with E-state index in [1.165, 1.54) is 6.42 Å². The molecule has 2 aliphatic rings. The van der Waals surface area contributed by atoms with Gasteiger partial charge in [0.1, 0.15) is 23.7 Å². The lowest BCUT2D eigenvalue weighted by Crippen LogP contribution is -2.57. The third-order valence-electron chi connectivity index (χ3n) is 6.70. The molecule has 1 N–H and O–H groups in total. The van der Waals surface area contributed by atoms with E-state index in [-0.39, 0.29) is 12.1 Å². The average molecular weight is 567 g/mol. The van der Waals surface area contributed by atoms with Crippen LogP contribution in [0.2, 0.25) is 25.7 Å². The number of fused-ring (bicyclic) bond motifs is 3. The highest BCUT2D eigenvalue weighted by molar-refractivity contribution is 9.10. The lowest BCUT2D eigenvalue weighted by Gasteiger charge is -2.49. The van der Waals surface area contributed by atoms with E-state index in [4.69, 9.17) is 19.4 Å². The van der Waals surface area contributed by atoms with Crippen molar-refractivity contribution in [3.05, 3.63) is 16.9 Å². The van der Waals surface area contributed by atoms with Crippen LogP contribution in [0.3, 0.4) is 0 Å². The van der Waals surface area contributed by atoms with Gasteiger partial charge in [0.05, 0.1) is 10.7 Å². The molecule has 194 valence electrons. The number of carbonyl (C=O) groups is 1. The number of anilines is 1. The van der Waals surface area contributed by atoms with Crippen molar-refractivity contribution in [3.63, 3.8) is 0 Å². The quantitative estimate of drug-likeness (QED) is 0.331. The number of piperidine rings is 2. The van der Waals surface area contributed by atoms with Crippen molar-refractivity contribution in [3.8, 4) is 0 Å². The second-order valence-corrected chi connectivity index (χ2v) is 18.6. The molecule has 0 aromatic carbocycles. The summed E-state index contributed by atoms with van der Waals surface area (Å²) in [7, 11) is -1.13. The van der Waals surface area contributed by atoms with Gasteiger partial charge in [0, 0.05) is 39.0 Å². The number of nitrogens with one attached hydrogen (secondary N) is 1. The van der Waals surface area contributed by atoms with Crippen LogP contribution in [0, 0.1) is 0 Å². The second kappa shape index (κ2) is 10.4. The topological polar surface area (TPSA) is 81.5 Å². The van der Waals surface area contributed by atoms with Crippen LogP contribution in [0.1, 0.15) is 52.9 Å². The third kappa shape index (κ3) is 6.77. The number of ether oxygens (including phenoxy) is 2. The first-order chi connectivity index (χ1) is 16.4. The Labute approximate surface area is 218 Å². The summed E-state index contributed by atoms with van der Waals surface area (Å²) >= 11 is 3.64. The van der Waals surface area contributed by atoms with Gasteiger partial charge in [-0.2, -0.15) is 0 Å². The fourth-order valence-electron chi connectivity index (χ4n) is 5.11. The molecule has 4 heterocycles. The smallest absolute Gasteiger partial charge is 0.407 e. The minimum Gasteiger partial charge on any atom is -0.444 e. The van der Waals surface area contributed by atoms with Gasteiger partial charge in [-0.3, -0.25) is 0 Å². The largest absolute Gasteiger partial charge is 0.444 e. The van der Waals surface area contributed by atoms with Crippen LogP contribution in [0.5, 0.6) is 0 Å². The molecule has 4 rings (SSSR count). The van der Waals surface area contributed by atoms with Crippen LogP contribution in [0.25, 0.3) is 11.2 Å². The molecule has 0 radical (unpaired) electrons. The average Bonchev–Trinajstić information content (AvgIpc) is 3.03. The number of carbonyl (C=O) groups excluding carboxylic acids is 1. The van der Waals surface area contributed by atoms with Gasteiger partial charge in [-0.15, -0.1) is 0 Å². The summed E-state index contributed by atoms with van der Waals surface area (Å²) in [5, 5.41) is 3.11. The number of halogens is 1. The molecule has 1 amide bonds. The van der Waals surface area contributed by atoms with Gasteiger partial charge in [0.25, 0.3) is 0 Å². The van der Waals surface area contributed by atoms with Crippen molar-refractivity contribution in [2.24, 2.45) is 0 Å². The van der Waals surface area contributed by atoms with Crippen LogP contribution < -0.4 is 10.2 Å². The first kappa shape index (κ1) is 26.4. The highest BCUT2D eigenvalue weighted by atomic mass is 79.9. The van der Waals surface area contributed by atoms with Gasteiger partial charge >= 0.3 is 6.09 Å². The number of hydrogen-bond acceptors (Lipinski definition) is 6. The van der Waals surface area contributed by atoms with Crippen molar-refractivity contribution in [2.75, 3.05) is 11.5 Å². The maximum Gasteiger partial charge on any atom is 0.407 e. The summed E-state index contributed by atoms with van der Waals surface area (Å²) in [4.78, 5) is 24.7. The Balaban J connectivity index is 1.48. The van der Waals surface area contributed by atoms with Gasteiger partial charge in [-0.05, 0) is 74.8 Å². The number of alkyl carbamates (subject to hydrolysis) is 1. The second-order valence-electron chi connectivity index (χ2n) is 12.2. The molecule has 2 fully saturated rings. The van der Waals surface area contributed by atoms with Crippen molar-refractivity contribution in [1.82, 2.24) is 19.9 Å². The first-order valence-electron chi connectivity index (χ1n) is 12.8. The van der Waals surface area contributed by atoms with Gasteiger partial charge < -0.3 is 24.3 Å². The zero-order chi connectivity index (χ0) is 25.4. The van der Waals surface area contributed by atoms with E-state index < -0.39 is 13.7 Å². The van der Waals surface area contributed by atoms with Crippen molar-refractivity contribution < 1.29 is 14.3 Å². The van der Waals surface area contributed by atoms with Gasteiger partial charge in [-0.25, -0.2) is 14.8 Å². The van der Waals surface area contributed by atoms with Crippen LogP contribution in [0.15, 0.2) is 16.9 Å². The predicted molar refractivity (Wildman–Crippen MR) is 146 cm³/mol. The van der Waals surface area contributed by atoms with Crippen LogP contribution in [-0.4, -0.2) is 59.0 Å². The molecule has 2 unspecified atom stereocenters. The van der Waals surface area contributed by atoms with Gasteiger partial charge in [0.15, 0.2) is 5.65 Å². The highest BCUT2D eigenvalue weighted by Gasteiger charge is 2.40. The summed E-state index contributed by atoms with van der Waals surface area (Å²) in [5.41, 5.74) is 1.20. The molecule has 2 atom stereocenters. The Morgan fingerprint density at radius 1 is 1.23 bits per heavy atom. The van der Waals surface area contributed by atoms with E-state index in [2.05, 4.69) is 45.8 Å². The fourth-order valence-corrected chi connectivity index (χ4v) is 6.39. The molecule has 35 heavy (non-hydrogen) atoms. The van der Waals surface area contributed by atoms with E-state index in [1.54, 1.807) is 0 Å². The van der Waals surface area contributed by atoms with Crippen molar-refractivity contribution in [2.45, 2.75) is 109 Å². The molecule has 10 heteroatoms.